The van der Waals surface area contributed by atoms with Crippen molar-refractivity contribution < 1.29 is 22.2 Å². The summed E-state index contributed by atoms with van der Waals surface area (Å²) in [6.45, 7) is 5.76. The van der Waals surface area contributed by atoms with Crippen LogP contribution in [0.3, 0.4) is 0 Å². The zero-order valence-corrected chi connectivity index (χ0v) is 18.0. The Kier molecular flexibility index (Phi) is 5.12. The number of nitrogens with zero attached hydrogens (tertiary/aromatic N) is 2. The predicted octanol–water partition coefficient (Wildman–Crippen LogP) is 4.62. The molecule has 31 heavy (non-hydrogen) atoms. The number of aryl methyl sites for hydroxylation is 2. The second-order valence-corrected chi connectivity index (χ2v) is 8.75. The van der Waals surface area contributed by atoms with Crippen molar-refractivity contribution in [2.75, 3.05) is 5.01 Å². The lowest BCUT2D eigenvalue weighted by Crippen LogP contribution is -2.21. The molecule has 1 aliphatic heterocycles. The third kappa shape index (κ3) is 4.08. The largest absolute Gasteiger partial charge is 0.457 e. The number of anilines is 1. The van der Waals surface area contributed by atoms with Crippen LogP contribution in [0.15, 0.2) is 74.6 Å². The smallest absolute Gasteiger partial charge is 0.294 e. The van der Waals surface area contributed by atoms with Crippen LogP contribution in [0, 0.1) is 13.8 Å². The summed E-state index contributed by atoms with van der Waals surface area (Å²) < 4.78 is 37.3. The average molecular weight is 436 g/mol. The molecule has 0 spiro atoms. The maximum Gasteiger partial charge on any atom is 0.294 e. The predicted molar refractivity (Wildman–Crippen MR) is 118 cm³/mol. The molecule has 8 heteroatoms. The zero-order valence-electron chi connectivity index (χ0n) is 17.2. The van der Waals surface area contributed by atoms with Crippen LogP contribution in [0.25, 0.3) is 17.4 Å². The molecular weight excluding hydrogens is 416 g/mol. The normalized spacial score (nSPS) is 15.6. The maximum atomic E-state index is 12.9. The van der Waals surface area contributed by atoms with Gasteiger partial charge in [-0.3, -0.25) is 9.35 Å². The highest BCUT2D eigenvalue weighted by Crippen LogP contribution is 2.29. The molecule has 7 nitrogen and oxygen atoms in total. The minimum atomic E-state index is -4.25. The molecule has 1 aliphatic rings. The fourth-order valence-corrected chi connectivity index (χ4v) is 3.72. The maximum absolute atomic E-state index is 12.9. The first-order valence-corrected chi connectivity index (χ1v) is 10.9. The second kappa shape index (κ2) is 7.64. The van der Waals surface area contributed by atoms with Gasteiger partial charge in [0.05, 0.1) is 21.9 Å². The Morgan fingerprint density at radius 1 is 0.968 bits per heavy atom. The number of rotatable bonds is 4. The number of hydrogen-bond donors (Lipinski definition) is 1. The Morgan fingerprint density at radius 2 is 1.68 bits per heavy atom. The van der Waals surface area contributed by atoms with Crippen molar-refractivity contribution in [1.29, 1.82) is 0 Å². The van der Waals surface area contributed by atoms with Crippen LogP contribution in [0.5, 0.6) is 0 Å². The Bertz CT molecular complexity index is 1350. The molecule has 0 saturated carbocycles. The van der Waals surface area contributed by atoms with E-state index in [4.69, 9.17) is 8.97 Å². The summed E-state index contributed by atoms with van der Waals surface area (Å²) in [4.78, 5) is 12.8. The molecule has 0 atom stereocenters. The summed E-state index contributed by atoms with van der Waals surface area (Å²) in [5.74, 6) is 0.727. The summed E-state index contributed by atoms with van der Waals surface area (Å²) >= 11 is 0. The lowest BCUT2D eigenvalue weighted by atomic mass is 10.1. The molecular formula is C23H20N2O5S. The van der Waals surface area contributed by atoms with Crippen molar-refractivity contribution in [2.45, 2.75) is 25.7 Å². The van der Waals surface area contributed by atoms with Gasteiger partial charge in [0.1, 0.15) is 11.5 Å². The highest BCUT2D eigenvalue weighted by atomic mass is 32.2. The van der Waals surface area contributed by atoms with Crippen molar-refractivity contribution in [3.05, 3.63) is 77.1 Å². The first-order valence-electron chi connectivity index (χ1n) is 9.50. The number of carbonyl (C=O) groups is 1. The highest BCUT2D eigenvalue weighted by Gasteiger charge is 2.29. The summed E-state index contributed by atoms with van der Waals surface area (Å²) in [5, 5.41) is 5.78. The van der Waals surface area contributed by atoms with E-state index in [0.29, 0.717) is 34.1 Å². The van der Waals surface area contributed by atoms with Gasteiger partial charge in [-0.1, -0.05) is 6.07 Å². The average Bonchev–Trinajstić information content (AvgIpc) is 3.30. The summed E-state index contributed by atoms with van der Waals surface area (Å²) in [5.41, 5.74) is 4.57. The minimum Gasteiger partial charge on any atom is -0.457 e. The Balaban J connectivity index is 1.60. The van der Waals surface area contributed by atoms with Crippen LogP contribution >= 0.6 is 0 Å². The van der Waals surface area contributed by atoms with Gasteiger partial charge in [0.2, 0.25) is 0 Å². The van der Waals surface area contributed by atoms with Crippen molar-refractivity contribution >= 4 is 33.5 Å². The Labute approximate surface area is 180 Å². The Hall–Kier alpha value is -3.49. The van der Waals surface area contributed by atoms with E-state index in [2.05, 4.69) is 5.10 Å². The van der Waals surface area contributed by atoms with Gasteiger partial charge in [-0.15, -0.1) is 0 Å². The van der Waals surface area contributed by atoms with Crippen molar-refractivity contribution in [2.24, 2.45) is 5.10 Å². The zero-order chi connectivity index (χ0) is 22.3. The summed E-state index contributed by atoms with van der Waals surface area (Å²) in [6.07, 6.45) is 1.64. The molecule has 2 aromatic carbocycles. The second-order valence-electron chi connectivity index (χ2n) is 7.33. The number of amides is 1. The van der Waals surface area contributed by atoms with E-state index < -0.39 is 10.1 Å². The molecule has 1 amide bonds. The van der Waals surface area contributed by atoms with Crippen molar-refractivity contribution in [1.82, 2.24) is 0 Å². The van der Waals surface area contributed by atoms with Gasteiger partial charge in [0, 0.05) is 5.56 Å². The minimum absolute atomic E-state index is 0.194. The van der Waals surface area contributed by atoms with Gasteiger partial charge in [-0.25, -0.2) is 0 Å². The number of furan rings is 1. The standard InChI is InChI=1S/C23H20N2O5S/c1-14-4-7-18(12-15(14)2)25-23(26)21(16(3)24-25)13-19-8-11-22(30-19)17-5-9-20(10-6-17)31(27,28)29/h4-13H,1-3H3,(H,27,28,29)/b21-13+. The van der Waals surface area contributed by atoms with Crippen molar-refractivity contribution in [3.8, 4) is 11.3 Å². The number of carbonyl (C=O) groups excluding carboxylic acids is 1. The van der Waals surface area contributed by atoms with Gasteiger partial charge in [-0.05, 0) is 86.5 Å². The third-order valence-electron chi connectivity index (χ3n) is 5.15. The summed E-state index contributed by atoms with van der Waals surface area (Å²) in [7, 11) is -4.25. The molecule has 0 saturated heterocycles. The fraction of sp³-hybridized carbons (Fsp3) is 0.130. The highest BCUT2D eigenvalue weighted by molar-refractivity contribution is 7.85. The first kappa shape index (κ1) is 20.8. The van der Waals surface area contributed by atoms with E-state index in [-0.39, 0.29) is 10.8 Å². The molecule has 0 fully saturated rings. The topological polar surface area (TPSA) is 100 Å². The van der Waals surface area contributed by atoms with Gasteiger partial charge >= 0.3 is 0 Å². The van der Waals surface area contributed by atoms with Crippen LogP contribution in [-0.2, 0) is 14.9 Å². The van der Waals surface area contributed by atoms with Crippen LogP contribution in [0.1, 0.15) is 23.8 Å². The third-order valence-corrected chi connectivity index (χ3v) is 6.02. The van der Waals surface area contributed by atoms with E-state index >= 15 is 0 Å². The van der Waals surface area contributed by atoms with E-state index in [0.717, 1.165) is 11.1 Å². The van der Waals surface area contributed by atoms with Gasteiger partial charge in [0.15, 0.2) is 0 Å². The lowest BCUT2D eigenvalue weighted by molar-refractivity contribution is -0.114. The van der Waals surface area contributed by atoms with E-state index in [1.54, 1.807) is 25.1 Å². The quantitative estimate of drug-likeness (QED) is 0.475. The first-order chi connectivity index (χ1) is 14.6. The van der Waals surface area contributed by atoms with E-state index in [1.807, 2.05) is 32.0 Å². The molecule has 0 bridgehead atoms. The molecule has 3 aromatic rings. The molecule has 1 aromatic heterocycles. The molecule has 2 heterocycles. The van der Waals surface area contributed by atoms with E-state index in [9.17, 15) is 13.2 Å². The van der Waals surface area contributed by atoms with Gasteiger partial charge in [-0.2, -0.15) is 18.5 Å². The van der Waals surface area contributed by atoms with Crippen LogP contribution in [0.4, 0.5) is 5.69 Å². The molecule has 0 radical (unpaired) electrons. The molecule has 4 rings (SSSR count). The van der Waals surface area contributed by atoms with Crippen LogP contribution < -0.4 is 5.01 Å². The van der Waals surface area contributed by atoms with Crippen molar-refractivity contribution in [3.63, 3.8) is 0 Å². The molecule has 0 aliphatic carbocycles. The van der Waals surface area contributed by atoms with Gasteiger partial charge < -0.3 is 4.42 Å². The molecule has 1 N–H and O–H groups in total. The Morgan fingerprint density at radius 3 is 2.32 bits per heavy atom. The number of hydrogen-bond acceptors (Lipinski definition) is 5. The SMILES string of the molecule is CC1=NN(c2ccc(C)c(C)c2)C(=O)/C1=C/c1ccc(-c2ccc(S(=O)(=O)O)cc2)o1. The number of hydrazone groups is 1. The number of benzene rings is 2. The van der Waals surface area contributed by atoms with Crippen LogP contribution in [-0.4, -0.2) is 24.6 Å². The molecule has 158 valence electrons. The van der Waals surface area contributed by atoms with Gasteiger partial charge in [0.25, 0.3) is 16.0 Å². The van der Waals surface area contributed by atoms with Crippen LogP contribution in [0.2, 0.25) is 0 Å². The molecule has 0 unspecified atom stereocenters. The fourth-order valence-electron chi connectivity index (χ4n) is 3.24. The summed E-state index contributed by atoms with van der Waals surface area (Å²) in [6, 6.07) is 14.8. The lowest BCUT2D eigenvalue weighted by Gasteiger charge is -2.13. The monoisotopic (exact) mass is 436 g/mol. The van der Waals surface area contributed by atoms with E-state index in [1.165, 1.54) is 29.3 Å².